The van der Waals surface area contributed by atoms with Gasteiger partial charge >= 0.3 is 43.3 Å². The minimum atomic E-state index is -4.97. The summed E-state index contributed by atoms with van der Waals surface area (Å²) in [6, 6.07) is 60.6. The smallest absolute Gasteiger partial charge is 0.435 e. The predicted octanol–water partition coefficient (Wildman–Crippen LogP) is 12.1. The fourth-order valence-electron chi connectivity index (χ4n) is 12.2. The highest BCUT2D eigenvalue weighted by Crippen LogP contribution is 2.50. The summed E-state index contributed by atoms with van der Waals surface area (Å²) in [4.78, 5) is 125. The lowest BCUT2D eigenvalue weighted by molar-refractivity contribution is -0.125. The Labute approximate surface area is 586 Å². The monoisotopic (exact) mass is 1410 g/mol. The summed E-state index contributed by atoms with van der Waals surface area (Å²) in [6.07, 6.45) is -5.07. The molecule has 2 aliphatic heterocycles. The van der Waals surface area contributed by atoms with E-state index in [1.165, 1.54) is 31.2 Å². The van der Waals surface area contributed by atoms with Crippen molar-refractivity contribution in [3.8, 4) is 17.2 Å². The Hall–Kier alpha value is -11.3. The van der Waals surface area contributed by atoms with Gasteiger partial charge in [0.2, 0.25) is 11.8 Å². The van der Waals surface area contributed by atoms with Crippen LogP contribution in [-0.4, -0.2) is 118 Å². The van der Waals surface area contributed by atoms with Crippen molar-refractivity contribution < 1.29 is 75.6 Å². The first-order chi connectivity index (χ1) is 49.2. The Kier molecular flexibility index (Phi) is 21.5. The molecule has 10 aromatic rings. The van der Waals surface area contributed by atoms with E-state index in [1.807, 2.05) is 4.90 Å². The van der Waals surface area contributed by atoms with Crippen molar-refractivity contribution in [3.05, 3.63) is 286 Å². The summed E-state index contributed by atoms with van der Waals surface area (Å²) in [5.74, 6) is -4.54. The van der Waals surface area contributed by atoms with Crippen LogP contribution >= 0.6 is 7.75 Å². The summed E-state index contributed by atoms with van der Waals surface area (Å²) < 4.78 is 66.6. The standard InChI is InChI=1S/C76H70N7O17PSi/c1-49(84)79-66-63-67(78-48-77-66)83(75(91)80-63)69-65(100-74(90)54-29-18-9-19-30-54)64(99-73(89)53-27-16-8-17-28-53)62(98-69)47-94-101(92,93-45-46-102(2,3)4)81-68(85)61-31-20-44-82(61)76(55-32-38-58(39-33-55)95-70(86)50-21-10-5-11-22-50,56-34-40-59(41-35-56)96-71(87)51-23-12-6-13-24-51)57-36-42-60(43-37-57)97-72(88)52-25-14-7-15-26-52/h5-19,21-30,32-43,48,61-62,64-65,69H,20,31,44-47H2,1-4H3,(H,80,91)(H,81,85,92)(H,77,78,79,84)/t61-,62+,64+,65+,69+,101?/m0/s1. The highest BCUT2D eigenvalue weighted by molar-refractivity contribution is 7.52. The second-order valence-electron chi connectivity index (χ2n) is 25.3. The summed E-state index contributed by atoms with van der Waals surface area (Å²) in [5, 5.41) is 5.26. The molecule has 3 N–H and O–H groups in total. The fraction of sp³-hybridized carbons (Fsp3) is 0.211. The number of benzene rings is 8. The van der Waals surface area contributed by atoms with Gasteiger partial charge in [-0.05, 0) is 133 Å². The lowest BCUT2D eigenvalue weighted by Crippen LogP contribution is -2.54. The quantitative estimate of drug-likeness (QED) is 0.0157. The molecule has 0 spiro atoms. The van der Waals surface area contributed by atoms with Crippen LogP contribution in [0.1, 0.15) is 94.5 Å². The molecule has 2 fully saturated rings. The lowest BCUT2D eigenvalue weighted by atomic mass is 9.75. The zero-order valence-electron chi connectivity index (χ0n) is 55.7. The van der Waals surface area contributed by atoms with Crippen molar-refractivity contribution in [3.63, 3.8) is 0 Å². The number of fused-ring (bicyclic) bond motifs is 1. The molecule has 26 heteroatoms. The van der Waals surface area contributed by atoms with Crippen LogP contribution in [0.5, 0.6) is 17.2 Å². The molecule has 6 atom stereocenters. The van der Waals surface area contributed by atoms with Crippen LogP contribution in [0.3, 0.4) is 0 Å². The number of nitrogens with zero attached hydrogens (tertiary/aromatic N) is 4. The molecule has 2 amide bonds. The molecule has 520 valence electrons. The summed E-state index contributed by atoms with van der Waals surface area (Å²) in [7, 11) is -6.99. The summed E-state index contributed by atoms with van der Waals surface area (Å²) in [6.45, 7) is 6.66. The van der Waals surface area contributed by atoms with Crippen LogP contribution in [0.15, 0.2) is 236 Å². The zero-order valence-corrected chi connectivity index (χ0v) is 57.6. The second kappa shape index (κ2) is 31.1. The predicted molar refractivity (Wildman–Crippen MR) is 377 cm³/mol. The summed E-state index contributed by atoms with van der Waals surface area (Å²) >= 11 is 0. The van der Waals surface area contributed by atoms with Crippen molar-refractivity contribution in [2.45, 2.75) is 81.6 Å². The number of imidazole rings is 1. The molecule has 2 saturated heterocycles. The van der Waals surface area contributed by atoms with E-state index in [1.54, 1.807) is 200 Å². The first-order valence-corrected chi connectivity index (χ1v) is 38.0. The van der Waals surface area contributed by atoms with E-state index < -0.39 is 106 Å². The number of carbonyl (C=O) groups excluding carboxylic acids is 7. The van der Waals surface area contributed by atoms with Gasteiger partial charge in [-0.25, -0.2) is 47.9 Å². The number of carbonyl (C=O) groups is 7. The molecule has 0 radical (unpaired) electrons. The number of likely N-dealkylation sites (tertiary alicyclic amines) is 1. The highest BCUT2D eigenvalue weighted by Gasteiger charge is 2.54. The average molecular weight is 1410 g/mol. The van der Waals surface area contributed by atoms with Gasteiger partial charge in [0.1, 0.15) is 35.2 Å². The molecular weight excluding hydrogens is 1340 g/mol. The van der Waals surface area contributed by atoms with Crippen molar-refractivity contribution in [2.24, 2.45) is 0 Å². The highest BCUT2D eigenvalue weighted by atomic mass is 31.2. The Morgan fingerprint density at radius 2 is 0.990 bits per heavy atom. The molecule has 24 nitrogen and oxygen atoms in total. The third-order valence-corrected chi connectivity index (χ3v) is 20.3. The molecule has 12 rings (SSSR count). The third kappa shape index (κ3) is 16.1. The number of amides is 2. The van der Waals surface area contributed by atoms with Crippen molar-refractivity contribution in [1.29, 1.82) is 0 Å². The number of anilines is 1. The van der Waals surface area contributed by atoms with Gasteiger partial charge in [0.25, 0.3) is 0 Å². The van der Waals surface area contributed by atoms with E-state index in [-0.39, 0.29) is 64.9 Å². The number of aromatic nitrogens is 4. The second-order valence-corrected chi connectivity index (χ2v) is 32.6. The van der Waals surface area contributed by atoms with E-state index in [4.69, 9.17) is 37.5 Å². The van der Waals surface area contributed by atoms with Crippen LogP contribution in [0.25, 0.3) is 11.2 Å². The van der Waals surface area contributed by atoms with Gasteiger partial charge in [0.05, 0.1) is 52.6 Å². The Morgan fingerprint density at radius 3 is 1.41 bits per heavy atom. The molecule has 4 heterocycles. The molecular formula is C76H70N7O17PSi. The van der Waals surface area contributed by atoms with Crippen LogP contribution in [0.4, 0.5) is 5.82 Å². The number of rotatable bonds is 25. The Morgan fingerprint density at radius 1 is 0.569 bits per heavy atom. The third-order valence-electron chi connectivity index (χ3n) is 17.1. The molecule has 102 heavy (non-hydrogen) atoms. The van der Waals surface area contributed by atoms with E-state index in [9.17, 15) is 33.6 Å². The Balaban J connectivity index is 0.939. The maximum absolute atomic E-state index is 16.1. The van der Waals surface area contributed by atoms with E-state index in [2.05, 4.69) is 45.0 Å². The zero-order chi connectivity index (χ0) is 71.5. The SMILES string of the molecule is CC(=O)Nc1ncnc2c1[nH]c(=O)n2[C@@H]1O[C@H](COP(=O)(NC(=O)[C@@H]2CCCN2C(c2ccc(OC(=O)c3ccccc3)cc2)(c2ccc(OC(=O)c3ccccc3)cc2)c2ccc(OC(=O)c3ccccc3)cc2)OCC[Si](C)(C)C)[C@@H](OC(=O)c2ccccc2)[C@H]1OC(=O)c1ccccc1. The minimum Gasteiger partial charge on any atom is -0.452 e. The van der Waals surface area contributed by atoms with Gasteiger partial charge in [0, 0.05) is 21.5 Å². The number of nitrogens with one attached hydrogen (secondary N) is 3. The Bertz CT molecular complexity index is 4550. The summed E-state index contributed by atoms with van der Waals surface area (Å²) in [5.41, 5.74) is 0.0386. The molecule has 2 aromatic heterocycles. The lowest BCUT2D eigenvalue weighted by Gasteiger charge is -2.46. The van der Waals surface area contributed by atoms with Crippen LogP contribution in [0.2, 0.25) is 25.7 Å². The van der Waals surface area contributed by atoms with Gasteiger partial charge in [0.15, 0.2) is 29.9 Å². The van der Waals surface area contributed by atoms with Gasteiger partial charge in [-0.3, -0.25) is 28.6 Å². The number of hydrogen-bond donors (Lipinski definition) is 3. The maximum Gasteiger partial charge on any atom is 0.435 e. The van der Waals surface area contributed by atoms with Crippen molar-refractivity contribution in [2.75, 3.05) is 25.1 Å². The minimum absolute atomic E-state index is 0.0379. The number of aromatic amines is 1. The first-order valence-electron chi connectivity index (χ1n) is 32.8. The van der Waals surface area contributed by atoms with E-state index in [0.717, 1.165) is 10.9 Å². The molecule has 1 unspecified atom stereocenters. The van der Waals surface area contributed by atoms with Crippen LogP contribution in [-0.2, 0) is 43.0 Å². The topological polar surface area (TPSA) is 301 Å². The molecule has 2 aliphatic rings. The average Bonchev–Trinajstić information content (AvgIpc) is 1.23. The first kappa shape index (κ1) is 70.5. The van der Waals surface area contributed by atoms with Crippen molar-refractivity contribution >= 4 is 74.5 Å². The molecule has 0 bridgehead atoms. The van der Waals surface area contributed by atoms with Crippen LogP contribution in [0, 0.1) is 0 Å². The van der Waals surface area contributed by atoms with Gasteiger partial charge in [-0.2, -0.15) is 0 Å². The van der Waals surface area contributed by atoms with Crippen LogP contribution < -0.4 is 30.3 Å². The number of hydrogen-bond acceptors (Lipinski definition) is 20. The number of ether oxygens (including phenoxy) is 6. The molecule has 0 aliphatic carbocycles. The van der Waals surface area contributed by atoms with Crippen molar-refractivity contribution in [1.82, 2.24) is 29.5 Å². The maximum atomic E-state index is 16.1. The fourth-order valence-corrected chi connectivity index (χ4v) is 14.4. The number of H-pyrrole nitrogens is 1. The van der Waals surface area contributed by atoms with E-state index >= 15 is 9.36 Å². The largest absolute Gasteiger partial charge is 0.452 e. The normalized spacial score (nSPS) is 17.4. The van der Waals surface area contributed by atoms with E-state index in [0.29, 0.717) is 45.8 Å². The number of esters is 5. The van der Waals surface area contributed by atoms with Gasteiger partial charge < -0.3 is 38.7 Å². The van der Waals surface area contributed by atoms with Gasteiger partial charge in [-0.1, -0.05) is 147 Å². The molecule has 0 saturated carbocycles. The van der Waals surface area contributed by atoms with Gasteiger partial charge in [-0.15, -0.1) is 0 Å². The molecule has 8 aromatic carbocycles.